The molecule has 0 bridgehead atoms. The number of hydrogen-bond acceptors (Lipinski definition) is 11. The van der Waals surface area contributed by atoms with Crippen LogP contribution < -0.4 is 16.2 Å². The molecular formula is C17H16N8O4S3. The van der Waals surface area contributed by atoms with Gasteiger partial charge in [0, 0.05) is 18.7 Å². The summed E-state index contributed by atoms with van der Waals surface area (Å²) in [5, 5.41) is 21.6. The summed E-state index contributed by atoms with van der Waals surface area (Å²) in [5.74, 6) is -0.109. The molecule has 0 unspecified atom stereocenters. The average Bonchev–Trinajstić information content (AvgIpc) is 3.32. The second-order valence-electron chi connectivity index (χ2n) is 7.13. The molecule has 32 heavy (non-hydrogen) atoms. The van der Waals surface area contributed by atoms with Gasteiger partial charge in [0.25, 0.3) is 0 Å². The van der Waals surface area contributed by atoms with Crippen molar-refractivity contribution in [3.63, 3.8) is 0 Å². The van der Waals surface area contributed by atoms with Gasteiger partial charge in [0.2, 0.25) is 15.8 Å². The van der Waals surface area contributed by atoms with E-state index < -0.39 is 34.9 Å². The van der Waals surface area contributed by atoms with E-state index in [-0.39, 0.29) is 24.5 Å². The van der Waals surface area contributed by atoms with Crippen molar-refractivity contribution in [1.29, 1.82) is 0 Å². The van der Waals surface area contributed by atoms with Gasteiger partial charge in [0.15, 0.2) is 15.0 Å². The number of rotatable bonds is 5. The van der Waals surface area contributed by atoms with Crippen molar-refractivity contribution in [2.24, 2.45) is 5.14 Å². The van der Waals surface area contributed by atoms with E-state index in [0.29, 0.717) is 26.5 Å². The minimum Gasteiger partial charge on any atom is -0.375 e. The number of anilines is 1. The molecule has 1 aliphatic heterocycles. The van der Waals surface area contributed by atoms with Crippen molar-refractivity contribution >= 4 is 46.5 Å². The SMILES string of the molecule is Nc1nc2cccc(-c3ccc(S(=O)(=O)C4CNC4)c(S(N)(=O)=O)c3-c3nn[nH]n3)c2s1. The van der Waals surface area contributed by atoms with Crippen LogP contribution in [0.5, 0.6) is 0 Å². The first-order valence-electron chi connectivity index (χ1n) is 9.21. The lowest BCUT2D eigenvalue weighted by Crippen LogP contribution is -2.51. The van der Waals surface area contributed by atoms with Crippen LogP contribution >= 0.6 is 11.3 Å². The monoisotopic (exact) mass is 492 g/mol. The van der Waals surface area contributed by atoms with Crippen molar-refractivity contribution in [3.8, 4) is 22.5 Å². The molecule has 1 aliphatic rings. The highest BCUT2D eigenvalue weighted by molar-refractivity contribution is 7.94. The molecule has 5 rings (SSSR count). The molecule has 1 fully saturated rings. The largest absolute Gasteiger partial charge is 0.375 e. The zero-order valence-electron chi connectivity index (χ0n) is 16.2. The zero-order chi connectivity index (χ0) is 22.7. The molecule has 3 heterocycles. The number of sulfonamides is 1. The molecule has 0 amide bonds. The van der Waals surface area contributed by atoms with E-state index in [1.807, 2.05) is 0 Å². The van der Waals surface area contributed by atoms with E-state index in [0.717, 1.165) is 0 Å². The highest BCUT2D eigenvalue weighted by Gasteiger charge is 2.38. The van der Waals surface area contributed by atoms with E-state index in [1.54, 1.807) is 18.2 Å². The summed E-state index contributed by atoms with van der Waals surface area (Å²) < 4.78 is 52.7. The van der Waals surface area contributed by atoms with Crippen molar-refractivity contribution in [1.82, 2.24) is 30.9 Å². The summed E-state index contributed by atoms with van der Waals surface area (Å²) in [5.41, 5.74) is 7.36. The summed E-state index contributed by atoms with van der Waals surface area (Å²) >= 11 is 1.22. The van der Waals surface area contributed by atoms with Gasteiger partial charge in [-0.2, -0.15) is 5.21 Å². The van der Waals surface area contributed by atoms with Crippen LogP contribution in [0.15, 0.2) is 40.1 Å². The highest BCUT2D eigenvalue weighted by Crippen LogP contribution is 2.43. The van der Waals surface area contributed by atoms with Crippen LogP contribution in [0.3, 0.4) is 0 Å². The Bertz CT molecular complexity index is 1560. The molecular weight excluding hydrogens is 476 g/mol. The van der Waals surface area contributed by atoms with Gasteiger partial charge in [-0.25, -0.2) is 27.0 Å². The third-order valence-corrected chi connectivity index (χ3v) is 9.41. The Labute approximate surface area is 186 Å². The molecule has 0 atom stereocenters. The van der Waals surface area contributed by atoms with E-state index in [2.05, 4.69) is 30.9 Å². The third kappa shape index (κ3) is 3.25. The summed E-state index contributed by atoms with van der Waals surface area (Å²) in [6.07, 6.45) is 0. The van der Waals surface area contributed by atoms with Gasteiger partial charge < -0.3 is 11.1 Å². The minimum absolute atomic E-state index is 0.0610. The third-order valence-electron chi connectivity index (χ3n) is 5.19. The smallest absolute Gasteiger partial charge is 0.240 e. The second-order valence-corrected chi connectivity index (χ2v) is 11.9. The summed E-state index contributed by atoms with van der Waals surface area (Å²) in [6, 6.07) is 8.02. The summed E-state index contributed by atoms with van der Waals surface area (Å²) in [7, 11) is -8.53. The number of nitrogens with one attached hydrogen (secondary N) is 2. The standard InChI is InChI=1S/C17H16N8O4S3/c18-17-21-11-3-1-2-10(14(11)30-17)9-4-5-12(31(26,27)8-6-20-7-8)15(32(19,28)29)13(9)16-22-24-25-23-16/h1-5,8,20H,6-7H2,(H2,18,21)(H2,19,28,29)(H,22,23,24,25). The summed E-state index contributed by atoms with van der Waals surface area (Å²) in [4.78, 5) is 3.29. The van der Waals surface area contributed by atoms with Crippen LogP contribution in [-0.2, 0) is 19.9 Å². The maximum atomic E-state index is 13.2. The molecule has 0 saturated carbocycles. The molecule has 4 aromatic rings. The molecule has 15 heteroatoms. The Balaban J connectivity index is 1.91. The minimum atomic E-state index is -4.53. The van der Waals surface area contributed by atoms with E-state index in [9.17, 15) is 16.8 Å². The molecule has 2 aromatic carbocycles. The molecule has 12 nitrogen and oxygen atoms in total. The lowest BCUT2D eigenvalue weighted by molar-refractivity contribution is 0.493. The Kier molecular flexibility index (Phi) is 4.75. The van der Waals surface area contributed by atoms with Crippen LogP contribution in [0, 0.1) is 0 Å². The van der Waals surface area contributed by atoms with Crippen LogP contribution in [0.4, 0.5) is 5.13 Å². The Morgan fingerprint density at radius 3 is 2.47 bits per heavy atom. The number of fused-ring (bicyclic) bond motifs is 1. The molecule has 166 valence electrons. The molecule has 6 N–H and O–H groups in total. The van der Waals surface area contributed by atoms with Crippen molar-refractivity contribution in [3.05, 3.63) is 30.3 Å². The highest BCUT2D eigenvalue weighted by atomic mass is 32.2. The number of primary sulfonamides is 1. The number of aromatic nitrogens is 5. The van der Waals surface area contributed by atoms with Crippen LogP contribution in [-0.4, -0.2) is 60.8 Å². The number of thiazole rings is 1. The molecule has 0 aliphatic carbocycles. The van der Waals surface area contributed by atoms with Crippen molar-refractivity contribution in [2.45, 2.75) is 15.0 Å². The lowest BCUT2D eigenvalue weighted by atomic mass is 9.98. The van der Waals surface area contributed by atoms with E-state index in [4.69, 9.17) is 10.9 Å². The maximum Gasteiger partial charge on any atom is 0.240 e. The fourth-order valence-electron chi connectivity index (χ4n) is 3.62. The number of tetrazole rings is 1. The van der Waals surface area contributed by atoms with E-state index >= 15 is 0 Å². The molecule has 2 aromatic heterocycles. The van der Waals surface area contributed by atoms with Crippen molar-refractivity contribution in [2.75, 3.05) is 18.8 Å². The number of nitrogen functional groups attached to an aromatic ring is 1. The van der Waals surface area contributed by atoms with Crippen molar-refractivity contribution < 1.29 is 16.8 Å². The van der Waals surface area contributed by atoms with Gasteiger partial charge in [-0.15, -0.1) is 10.2 Å². The van der Waals surface area contributed by atoms with E-state index in [1.165, 1.54) is 23.5 Å². The first kappa shape index (κ1) is 20.9. The van der Waals surface area contributed by atoms with Gasteiger partial charge in [0.1, 0.15) is 4.90 Å². The second kappa shape index (κ2) is 7.28. The topological polar surface area (TPSA) is 200 Å². The number of nitrogens with zero attached hydrogens (tertiary/aromatic N) is 4. The number of benzene rings is 2. The Morgan fingerprint density at radius 2 is 1.84 bits per heavy atom. The number of aromatic amines is 1. The van der Waals surface area contributed by atoms with Gasteiger partial charge in [0.05, 0.1) is 25.9 Å². The quantitative estimate of drug-likeness (QED) is 0.296. The maximum absolute atomic E-state index is 13.2. The number of H-pyrrole nitrogens is 1. The van der Waals surface area contributed by atoms with Gasteiger partial charge in [-0.05, 0) is 22.9 Å². The summed E-state index contributed by atoms with van der Waals surface area (Å²) in [6.45, 7) is 0.427. The van der Waals surface area contributed by atoms with Crippen LogP contribution in [0.2, 0.25) is 0 Å². The zero-order valence-corrected chi connectivity index (χ0v) is 18.6. The normalized spacial score (nSPS) is 15.2. The predicted octanol–water partition coefficient (Wildman–Crippen LogP) is 0.119. The van der Waals surface area contributed by atoms with Gasteiger partial charge in [-0.3, -0.25) is 0 Å². The van der Waals surface area contributed by atoms with Gasteiger partial charge in [-0.1, -0.05) is 29.5 Å². The van der Waals surface area contributed by atoms with Gasteiger partial charge >= 0.3 is 0 Å². The fourth-order valence-corrected chi connectivity index (χ4v) is 7.67. The fraction of sp³-hybridized carbons (Fsp3) is 0.176. The number of hydrogen-bond donors (Lipinski definition) is 4. The van der Waals surface area contributed by atoms with Crippen LogP contribution in [0.1, 0.15) is 0 Å². The number of nitrogens with two attached hydrogens (primary N) is 2. The predicted molar refractivity (Wildman–Crippen MR) is 118 cm³/mol. The average molecular weight is 493 g/mol. The molecule has 0 radical (unpaired) electrons. The molecule has 1 saturated heterocycles. The van der Waals surface area contributed by atoms with Crippen LogP contribution in [0.25, 0.3) is 32.7 Å². The first-order valence-corrected chi connectivity index (χ1v) is 13.1. The first-order chi connectivity index (χ1) is 15.2. The Hall–Kier alpha value is -2.98. The Morgan fingerprint density at radius 1 is 1.06 bits per heavy atom. The molecule has 0 spiro atoms. The number of sulfone groups is 1. The lowest BCUT2D eigenvalue weighted by Gasteiger charge is -2.28.